The fourth-order valence-corrected chi connectivity index (χ4v) is 3.60. The summed E-state index contributed by atoms with van der Waals surface area (Å²) in [6.07, 6.45) is 4.01. The summed E-state index contributed by atoms with van der Waals surface area (Å²) in [6, 6.07) is 4.59. The van der Waals surface area contributed by atoms with Gasteiger partial charge in [-0.05, 0) is 43.9 Å². The van der Waals surface area contributed by atoms with E-state index in [-0.39, 0.29) is 22.5 Å². The number of halogens is 2. The van der Waals surface area contributed by atoms with Crippen LogP contribution >= 0.6 is 11.6 Å². The molecule has 3 rings (SSSR count). The zero-order chi connectivity index (χ0) is 16.2. The lowest BCUT2D eigenvalue weighted by molar-refractivity contribution is 0.0238. The predicted octanol–water partition coefficient (Wildman–Crippen LogP) is 2.85. The Bertz CT molecular complexity index is 556. The van der Waals surface area contributed by atoms with Crippen molar-refractivity contribution >= 4 is 17.5 Å². The number of ether oxygens (including phenoxy) is 1. The van der Waals surface area contributed by atoms with Gasteiger partial charge in [0.05, 0.1) is 10.6 Å². The van der Waals surface area contributed by atoms with Crippen molar-refractivity contribution in [1.82, 2.24) is 10.2 Å². The van der Waals surface area contributed by atoms with E-state index in [1.807, 2.05) is 0 Å². The van der Waals surface area contributed by atoms with E-state index in [9.17, 15) is 9.18 Å². The first-order valence-electron chi connectivity index (χ1n) is 8.21. The van der Waals surface area contributed by atoms with Gasteiger partial charge in [-0.2, -0.15) is 0 Å². The van der Waals surface area contributed by atoms with Gasteiger partial charge in [0.2, 0.25) is 0 Å². The lowest BCUT2D eigenvalue weighted by Crippen LogP contribution is -2.49. The van der Waals surface area contributed by atoms with Crippen LogP contribution in [0.1, 0.15) is 36.0 Å². The van der Waals surface area contributed by atoms with Gasteiger partial charge in [-0.25, -0.2) is 4.39 Å². The largest absolute Gasteiger partial charge is 0.381 e. The lowest BCUT2D eigenvalue weighted by Gasteiger charge is -2.39. The molecule has 2 heterocycles. The minimum Gasteiger partial charge on any atom is -0.381 e. The zero-order valence-electron chi connectivity index (χ0n) is 13.1. The third-order valence-corrected chi connectivity index (χ3v) is 5.07. The molecule has 4 nitrogen and oxygen atoms in total. The first-order chi connectivity index (χ1) is 11.1. The molecule has 2 saturated heterocycles. The first-order valence-corrected chi connectivity index (χ1v) is 8.59. The number of carbonyl (C=O) groups excluding carboxylic acids is 1. The van der Waals surface area contributed by atoms with E-state index < -0.39 is 5.82 Å². The molecule has 1 aromatic carbocycles. The molecule has 1 amide bonds. The van der Waals surface area contributed by atoms with Crippen LogP contribution in [0.2, 0.25) is 5.02 Å². The molecule has 0 unspecified atom stereocenters. The van der Waals surface area contributed by atoms with Crippen molar-refractivity contribution in [2.45, 2.75) is 37.8 Å². The number of amides is 1. The van der Waals surface area contributed by atoms with Gasteiger partial charge in [-0.15, -0.1) is 0 Å². The number of hydrogen-bond acceptors (Lipinski definition) is 3. The van der Waals surface area contributed by atoms with E-state index in [2.05, 4.69) is 10.2 Å². The van der Waals surface area contributed by atoms with E-state index in [1.165, 1.54) is 18.2 Å². The van der Waals surface area contributed by atoms with Crippen LogP contribution in [-0.4, -0.2) is 49.2 Å². The summed E-state index contributed by atoms with van der Waals surface area (Å²) in [5.41, 5.74) is 0.207. The third kappa shape index (κ3) is 4.22. The lowest BCUT2D eigenvalue weighted by atomic mass is 9.99. The van der Waals surface area contributed by atoms with Crippen LogP contribution in [0, 0.1) is 5.82 Å². The summed E-state index contributed by atoms with van der Waals surface area (Å²) < 4.78 is 18.7. The predicted molar refractivity (Wildman–Crippen MR) is 87.3 cm³/mol. The summed E-state index contributed by atoms with van der Waals surface area (Å²) in [5, 5.41) is 3.27. The van der Waals surface area contributed by atoms with Crippen molar-refractivity contribution in [2.75, 3.05) is 26.3 Å². The van der Waals surface area contributed by atoms with Crippen molar-refractivity contribution in [3.8, 4) is 0 Å². The molecule has 0 bridgehead atoms. The van der Waals surface area contributed by atoms with Crippen molar-refractivity contribution in [1.29, 1.82) is 0 Å². The molecule has 126 valence electrons. The van der Waals surface area contributed by atoms with E-state index in [0.29, 0.717) is 6.04 Å². The third-order valence-electron chi connectivity index (χ3n) is 4.75. The van der Waals surface area contributed by atoms with Gasteiger partial charge in [0, 0.05) is 38.4 Å². The Hall–Kier alpha value is -1.17. The molecule has 1 aromatic rings. The van der Waals surface area contributed by atoms with E-state index in [1.54, 1.807) is 0 Å². The smallest absolute Gasteiger partial charge is 0.253 e. The summed E-state index contributed by atoms with van der Waals surface area (Å²) in [5.74, 6) is -0.743. The SMILES string of the molecule is O=C(NC1CCN(C2CCOCC2)CC1)c1cc(F)ccc1Cl. The van der Waals surface area contributed by atoms with Gasteiger partial charge in [0.25, 0.3) is 5.91 Å². The van der Waals surface area contributed by atoms with Crippen LogP contribution in [0.25, 0.3) is 0 Å². The Morgan fingerprint density at radius 1 is 1.22 bits per heavy atom. The van der Waals surface area contributed by atoms with Crippen LogP contribution in [0.4, 0.5) is 4.39 Å². The summed E-state index contributed by atoms with van der Waals surface area (Å²) in [4.78, 5) is 14.8. The maximum atomic E-state index is 13.3. The summed E-state index contributed by atoms with van der Waals surface area (Å²) in [6.45, 7) is 3.65. The number of carbonyl (C=O) groups is 1. The highest BCUT2D eigenvalue weighted by Gasteiger charge is 2.27. The van der Waals surface area contributed by atoms with Crippen molar-refractivity contribution in [3.63, 3.8) is 0 Å². The van der Waals surface area contributed by atoms with Gasteiger partial charge >= 0.3 is 0 Å². The van der Waals surface area contributed by atoms with Gasteiger partial charge in [-0.3, -0.25) is 4.79 Å². The van der Waals surface area contributed by atoms with E-state index in [4.69, 9.17) is 16.3 Å². The fourth-order valence-electron chi connectivity index (χ4n) is 3.39. The van der Waals surface area contributed by atoms with Crippen LogP contribution in [0.15, 0.2) is 18.2 Å². The zero-order valence-corrected chi connectivity index (χ0v) is 13.8. The second-order valence-electron chi connectivity index (χ2n) is 6.25. The normalized spacial score (nSPS) is 21.3. The summed E-state index contributed by atoms with van der Waals surface area (Å²) in [7, 11) is 0. The fraction of sp³-hybridized carbons (Fsp3) is 0.588. The molecule has 0 spiro atoms. The molecule has 0 aliphatic carbocycles. The molecule has 0 radical (unpaired) electrons. The molecular weight excluding hydrogens is 319 g/mol. The minimum absolute atomic E-state index is 0.123. The standard InChI is InChI=1S/C17H22ClFN2O2/c18-16-2-1-12(19)11-15(16)17(22)20-13-3-7-21(8-4-13)14-5-9-23-10-6-14/h1-2,11,13-14H,3-10H2,(H,20,22). The molecule has 0 atom stereocenters. The van der Waals surface area contributed by atoms with Crippen LogP contribution in [0.3, 0.4) is 0 Å². The van der Waals surface area contributed by atoms with Gasteiger partial charge in [-0.1, -0.05) is 11.6 Å². The number of nitrogens with one attached hydrogen (secondary N) is 1. The number of benzene rings is 1. The van der Waals surface area contributed by atoms with Crippen LogP contribution in [0.5, 0.6) is 0 Å². The Kier molecular flexibility index (Phi) is 5.51. The first kappa shape index (κ1) is 16.7. The van der Waals surface area contributed by atoms with Crippen molar-refractivity contribution in [3.05, 3.63) is 34.6 Å². The maximum absolute atomic E-state index is 13.3. The molecule has 23 heavy (non-hydrogen) atoms. The maximum Gasteiger partial charge on any atom is 0.253 e. The minimum atomic E-state index is -0.450. The highest BCUT2D eigenvalue weighted by Crippen LogP contribution is 2.21. The van der Waals surface area contributed by atoms with E-state index in [0.717, 1.165) is 52.0 Å². The number of hydrogen-bond donors (Lipinski definition) is 1. The summed E-state index contributed by atoms with van der Waals surface area (Å²) >= 11 is 5.99. The highest BCUT2D eigenvalue weighted by atomic mass is 35.5. The Morgan fingerprint density at radius 2 is 1.91 bits per heavy atom. The van der Waals surface area contributed by atoms with Gasteiger partial charge in [0.15, 0.2) is 0 Å². The second kappa shape index (κ2) is 7.60. The Morgan fingerprint density at radius 3 is 2.61 bits per heavy atom. The Balaban J connectivity index is 1.52. The van der Waals surface area contributed by atoms with Crippen molar-refractivity contribution in [2.24, 2.45) is 0 Å². The quantitative estimate of drug-likeness (QED) is 0.920. The number of piperidine rings is 1. The molecule has 0 saturated carbocycles. The molecule has 1 N–H and O–H groups in total. The Labute approximate surface area is 140 Å². The average molecular weight is 341 g/mol. The average Bonchev–Trinajstić information content (AvgIpc) is 2.58. The molecule has 2 aliphatic heterocycles. The molecule has 2 fully saturated rings. The van der Waals surface area contributed by atoms with Crippen molar-refractivity contribution < 1.29 is 13.9 Å². The van der Waals surface area contributed by atoms with Crippen LogP contribution < -0.4 is 5.32 Å². The molecule has 0 aromatic heterocycles. The highest BCUT2D eigenvalue weighted by molar-refractivity contribution is 6.33. The number of rotatable bonds is 3. The number of likely N-dealkylation sites (tertiary alicyclic amines) is 1. The van der Waals surface area contributed by atoms with Crippen LogP contribution in [-0.2, 0) is 4.74 Å². The van der Waals surface area contributed by atoms with Gasteiger partial charge < -0.3 is 15.0 Å². The second-order valence-corrected chi connectivity index (χ2v) is 6.66. The molecule has 6 heteroatoms. The van der Waals surface area contributed by atoms with E-state index >= 15 is 0 Å². The monoisotopic (exact) mass is 340 g/mol. The van der Waals surface area contributed by atoms with Gasteiger partial charge in [0.1, 0.15) is 5.82 Å². The molecular formula is C17H22ClFN2O2. The molecule has 2 aliphatic rings. The number of nitrogens with zero attached hydrogens (tertiary/aromatic N) is 1. The topological polar surface area (TPSA) is 41.6 Å².